The van der Waals surface area contributed by atoms with Crippen LogP contribution < -0.4 is 16.0 Å². The maximum Gasteiger partial charge on any atom is 0.237 e. The van der Waals surface area contributed by atoms with Crippen molar-refractivity contribution < 1.29 is 14.0 Å². The second kappa shape index (κ2) is 9.11. The summed E-state index contributed by atoms with van der Waals surface area (Å²) >= 11 is 0. The number of likely N-dealkylation sites (tertiary alicyclic amines) is 1. The number of nitrogens with one attached hydrogen (secondary N) is 3. The normalized spacial score (nSPS) is 45.0. The zero-order valence-electron chi connectivity index (χ0n) is 18.7. The van der Waals surface area contributed by atoms with Crippen molar-refractivity contribution in [2.24, 2.45) is 23.7 Å². The van der Waals surface area contributed by atoms with Crippen LogP contribution in [0.3, 0.4) is 0 Å². The van der Waals surface area contributed by atoms with Gasteiger partial charge in [0, 0.05) is 44.2 Å². The van der Waals surface area contributed by atoms with Crippen LogP contribution in [0, 0.1) is 23.7 Å². The molecule has 3 heterocycles. The molecule has 0 bridgehead atoms. The highest BCUT2D eigenvalue weighted by Crippen LogP contribution is 2.43. The van der Waals surface area contributed by atoms with E-state index in [0.29, 0.717) is 48.6 Å². The highest BCUT2D eigenvalue weighted by Gasteiger charge is 2.47. The highest BCUT2D eigenvalue weighted by molar-refractivity contribution is 5.82. The van der Waals surface area contributed by atoms with Gasteiger partial charge in [-0.2, -0.15) is 0 Å². The second-order valence-electron chi connectivity index (χ2n) is 10.5. The maximum atomic E-state index is 13.4. The summed E-state index contributed by atoms with van der Waals surface area (Å²) in [7, 11) is 1.99. The molecule has 4 aliphatic rings. The first-order valence-corrected chi connectivity index (χ1v) is 12.0. The van der Waals surface area contributed by atoms with Gasteiger partial charge in [0.25, 0.3) is 0 Å². The van der Waals surface area contributed by atoms with Crippen molar-refractivity contribution in [3.8, 4) is 0 Å². The van der Waals surface area contributed by atoms with E-state index < -0.39 is 6.17 Å². The van der Waals surface area contributed by atoms with Crippen molar-refractivity contribution >= 4 is 11.8 Å². The molecular formula is C23H39FN4O2. The fourth-order valence-corrected chi connectivity index (χ4v) is 6.45. The van der Waals surface area contributed by atoms with Crippen LogP contribution in [0.5, 0.6) is 0 Å². The molecule has 0 aromatic rings. The first kappa shape index (κ1) is 22.0. The Morgan fingerprint density at radius 1 is 1.07 bits per heavy atom. The van der Waals surface area contributed by atoms with Crippen LogP contribution in [0.1, 0.15) is 58.8 Å². The fraction of sp³-hybridized carbons (Fsp3) is 0.913. The zero-order valence-corrected chi connectivity index (χ0v) is 18.7. The molecule has 1 aliphatic carbocycles. The smallest absolute Gasteiger partial charge is 0.237 e. The first-order valence-electron chi connectivity index (χ1n) is 12.0. The maximum absolute atomic E-state index is 13.4. The Bertz CT molecular complexity index is 639. The fourth-order valence-electron chi connectivity index (χ4n) is 6.45. The molecule has 170 valence electrons. The van der Waals surface area contributed by atoms with Crippen molar-refractivity contribution in [2.45, 2.75) is 89.1 Å². The van der Waals surface area contributed by atoms with Crippen LogP contribution >= 0.6 is 0 Å². The van der Waals surface area contributed by atoms with E-state index in [1.165, 1.54) is 0 Å². The van der Waals surface area contributed by atoms with Gasteiger partial charge in [-0.25, -0.2) is 4.39 Å². The number of carbonyl (C=O) groups excluding carboxylic acids is 2. The summed E-state index contributed by atoms with van der Waals surface area (Å²) in [6.07, 6.45) is 5.03. The van der Waals surface area contributed by atoms with E-state index in [1.54, 1.807) is 0 Å². The van der Waals surface area contributed by atoms with Gasteiger partial charge in [-0.05, 0) is 69.6 Å². The van der Waals surface area contributed by atoms with Gasteiger partial charge < -0.3 is 20.9 Å². The molecule has 6 nitrogen and oxygen atoms in total. The van der Waals surface area contributed by atoms with Gasteiger partial charge in [0.15, 0.2) is 0 Å². The Hall–Kier alpha value is -1.21. The molecule has 1 saturated carbocycles. The zero-order chi connectivity index (χ0) is 21.4. The van der Waals surface area contributed by atoms with E-state index in [9.17, 15) is 14.0 Å². The number of nitrogens with zero attached hydrogens (tertiary/aromatic N) is 1. The van der Waals surface area contributed by atoms with Gasteiger partial charge in [0.2, 0.25) is 11.8 Å². The Kier molecular flexibility index (Phi) is 6.68. The number of rotatable bonds is 3. The summed E-state index contributed by atoms with van der Waals surface area (Å²) in [6.45, 7) is 5.73. The van der Waals surface area contributed by atoms with E-state index in [4.69, 9.17) is 0 Å². The number of halogens is 1. The van der Waals surface area contributed by atoms with Crippen LogP contribution in [0.2, 0.25) is 0 Å². The van der Waals surface area contributed by atoms with Gasteiger partial charge in [0.1, 0.15) is 6.17 Å². The van der Waals surface area contributed by atoms with E-state index in [0.717, 1.165) is 38.6 Å². The lowest BCUT2D eigenvalue weighted by atomic mass is 9.65. The third-order valence-electron chi connectivity index (χ3n) is 8.38. The molecule has 3 N–H and O–H groups in total. The lowest BCUT2D eigenvalue weighted by molar-refractivity contribution is -0.148. The van der Waals surface area contributed by atoms with Crippen LogP contribution in [-0.4, -0.2) is 67.2 Å². The third kappa shape index (κ3) is 4.52. The number of amides is 2. The molecule has 3 saturated heterocycles. The van der Waals surface area contributed by atoms with Crippen molar-refractivity contribution in [1.82, 2.24) is 20.9 Å². The van der Waals surface area contributed by atoms with Gasteiger partial charge >= 0.3 is 0 Å². The van der Waals surface area contributed by atoms with Gasteiger partial charge in [-0.3, -0.25) is 9.59 Å². The van der Waals surface area contributed by atoms with E-state index in [2.05, 4.69) is 29.8 Å². The SMILES string of the molecule is CC1CC2C(CN1)CC(C1CC(NC(=O)C3CCC(F)CN3)CCC1C)C(=O)N2C. The number of fused-ring (bicyclic) bond motifs is 1. The largest absolute Gasteiger partial charge is 0.352 e. The molecule has 0 radical (unpaired) electrons. The van der Waals surface area contributed by atoms with Crippen molar-refractivity contribution in [3.63, 3.8) is 0 Å². The summed E-state index contributed by atoms with van der Waals surface area (Å²) in [5.74, 6) is 1.69. The average Bonchev–Trinajstić information content (AvgIpc) is 2.73. The van der Waals surface area contributed by atoms with E-state index in [1.807, 2.05) is 11.9 Å². The van der Waals surface area contributed by atoms with Gasteiger partial charge in [-0.15, -0.1) is 0 Å². The van der Waals surface area contributed by atoms with Gasteiger partial charge in [0.05, 0.1) is 6.04 Å². The Balaban J connectivity index is 1.38. The Morgan fingerprint density at radius 3 is 2.60 bits per heavy atom. The molecule has 7 heteroatoms. The van der Waals surface area contributed by atoms with Crippen molar-refractivity contribution in [3.05, 3.63) is 0 Å². The minimum Gasteiger partial charge on any atom is -0.352 e. The summed E-state index contributed by atoms with van der Waals surface area (Å²) in [5, 5.41) is 9.85. The molecule has 4 rings (SSSR count). The minimum atomic E-state index is -0.843. The molecule has 9 atom stereocenters. The summed E-state index contributed by atoms with van der Waals surface area (Å²) < 4.78 is 13.4. The number of alkyl halides is 1. The molecule has 0 aromatic heterocycles. The predicted octanol–water partition coefficient (Wildman–Crippen LogP) is 1.84. The number of hydrogen-bond acceptors (Lipinski definition) is 4. The molecule has 0 aromatic carbocycles. The van der Waals surface area contributed by atoms with Crippen LogP contribution in [0.15, 0.2) is 0 Å². The highest BCUT2D eigenvalue weighted by atomic mass is 19.1. The second-order valence-corrected chi connectivity index (χ2v) is 10.5. The predicted molar refractivity (Wildman–Crippen MR) is 115 cm³/mol. The lowest BCUT2D eigenvalue weighted by Crippen LogP contribution is -2.60. The Morgan fingerprint density at radius 2 is 1.87 bits per heavy atom. The van der Waals surface area contributed by atoms with Crippen molar-refractivity contribution in [2.75, 3.05) is 20.1 Å². The standard InChI is InChI=1S/C23H39FN4O2/c1-13-4-6-17(27-22(29)20-7-5-16(24)12-26-20)10-18(13)19-9-15-11-25-14(2)8-21(15)28(3)23(19)30/h13-21,25-26H,4-12H2,1-3H3,(H,27,29). The van der Waals surface area contributed by atoms with E-state index in [-0.39, 0.29) is 30.5 Å². The summed E-state index contributed by atoms with van der Waals surface area (Å²) in [5.41, 5.74) is 0. The average molecular weight is 423 g/mol. The van der Waals surface area contributed by atoms with Crippen LogP contribution in [0.25, 0.3) is 0 Å². The molecule has 4 fully saturated rings. The Labute approximate surface area is 180 Å². The number of piperidine rings is 3. The first-order chi connectivity index (χ1) is 14.3. The molecule has 2 amide bonds. The number of hydrogen-bond donors (Lipinski definition) is 3. The third-order valence-corrected chi connectivity index (χ3v) is 8.38. The molecule has 3 aliphatic heterocycles. The summed E-state index contributed by atoms with van der Waals surface area (Å²) in [6, 6.07) is 0.653. The van der Waals surface area contributed by atoms with E-state index >= 15 is 0 Å². The van der Waals surface area contributed by atoms with Gasteiger partial charge in [-0.1, -0.05) is 6.92 Å². The summed E-state index contributed by atoms with van der Waals surface area (Å²) in [4.78, 5) is 28.0. The molecule has 30 heavy (non-hydrogen) atoms. The monoisotopic (exact) mass is 422 g/mol. The molecule has 9 unspecified atom stereocenters. The number of carbonyl (C=O) groups is 2. The minimum absolute atomic E-state index is 0.00201. The van der Waals surface area contributed by atoms with Crippen molar-refractivity contribution in [1.29, 1.82) is 0 Å². The topological polar surface area (TPSA) is 73.5 Å². The quantitative estimate of drug-likeness (QED) is 0.649. The molecular weight excluding hydrogens is 383 g/mol. The molecule has 0 spiro atoms. The van der Waals surface area contributed by atoms with Crippen LogP contribution in [-0.2, 0) is 9.59 Å². The lowest BCUT2D eigenvalue weighted by Gasteiger charge is -2.50. The van der Waals surface area contributed by atoms with Crippen LogP contribution in [0.4, 0.5) is 4.39 Å².